The molecule has 6 heteroatoms. The zero-order valence-corrected chi connectivity index (χ0v) is 12.9. The van der Waals surface area contributed by atoms with Crippen molar-refractivity contribution in [1.82, 2.24) is 4.90 Å². The van der Waals surface area contributed by atoms with E-state index in [1.165, 1.54) is 18.2 Å². The largest absolute Gasteiger partial charge is 0.396 e. The van der Waals surface area contributed by atoms with Crippen LogP contribution in [0.3, 0.4) is 0 Å². The van der Waals surface area contributed by atoms with Crippen molar-refractivity contribution in [3.63, 3.8) is 0 Å². The highest BCUT2D eigenvalue weighted by atomic mass is 19.1. The van der Waals surface area contributed by atoms with E-state index in [-0.39, 0.29) is 36.6 Å². The average Bonchev–Trinajstić information content (AvgIpc) is 2.84. The van der Waals surface area contributed by atoms with Gasteiger partial charge in [-0.3, -0.25) is 14.5 Å². The molecule has 124 valence electrons. The predicted molar refractivity (Wildman–Crippen MR) is 83.3 cm³/mol. The van der Waals surface area contributed by atoms with Gasteiger partial charge in [-0.15, -0.1) is 0 Å². The van der Waals surface area contributed by atoms with Crippen molar-refractivity contribution in [3.05, 3.63) is 30.1 Å². The van der Waals surface area contributed by atoms with E-state index in [1.54, 1.807) is 6.07 Å². The summed E-state index contributed by atoms with van der Waals surface area (Å²) < 4.78 is 14.0. The number of amides is 2. The lowest BCUT2D eigenvalue weighted by Crippen LogP contribution is -2.50. The lowest BCUT2D eigenvalue weighted by Gasteiger charge is -2.38. The van der Waals surface area contributed by atoms with Crippen molar-refractivity contribution < 1.29 is 19.1 Å². The molecule has 2 amide bonds. The number of rotatable bonds is 4. The highest BCUT2D eigenvalue weighted by Crippen LogP contribution is 2.31. The van der Waals surface area contributed by atoms with Crippen LogP contribution in [0.5, 0.6) is 0 Å². The summed E-state index contributed by atoms with van der Waals surface area (Å²) in [7, 11) is 0. The molecular formula is C17H21FN2O3. The lowest BCUT2D eigenvalue weighted by atomic mass is 9.97. The number of piperidine rings is 1. The van der Waals surface area contributed by atoms with Crippen molar-refractivity contribution in [1.29, 1.82) is 0 Å². The minimum absolute atomic E-state index is 0.0284. The van der Waals surface area contributed by atoms with Gasteiger partial charge in [-0.25, -0.2) is 9.29 Å². The Balaban J connectivity index is 1.84. The maximum absolute atomic E-state index is 14.0. The Kier molecular flexibility index (Phi) is 4.73. The average molecular weight is 320 g/mol. The number of halogens is 1. The fraction of sp³-hybridized carbons (Fsp3) is 0.529. The number of carbonyl (C=O) groups is 2. The first-order chi connectivity index (χ1) is 11.1. The van der Waals surface area contributed by atoms with Crippen LogP contribution in [-0.4, -0.2) is 47.1 Å². The van der Waals surface area contributed by atoms with Crippen LogP contribution in [0.1, 0.15) is 32.1 Å². The molecule has 2 aliphatic rings. The van der Waals surface area contributed by atoms with Crippen LogP contribution < -0.4 is 4.90 Å². The molecule has 2 fully saturated rings. The van der Waals surface area contributed by atoms with Gasteiger partial charge in [0.2, 0.25) is 5.91 Å². The van der Waals surface area contributed by atoms with Gasteiger partial charge < -0.3 is 5.11 Å². The molecular weight excluding hydrogens is 299 g/mol. The summed E-state index contributed by atoms with van der Waals surface area (Å²) in [6, 6.07) is 5.41. The second-order valence-electron chi connectivity index (χ2n) is 6.14. The Bertz CT molecular complexity index is 605. The maximum atomic E-state index is 14.0. The molecule has 0 radical (unpaired) electrons. The van der Waals surface area contributed by atoms with Crippen molar-refractivity contribution >= 4 is 17.5 Å². The van der Waals surface area contributed by atoms with Crippen LogP contribution >= 0.6 is 0 Å². The SMILES string of the molecule is O=C1C[C@@H](N2CCCC[C@@H]2CCO)C(=O)N1c1ccccc1F. The molecule has 2 heterocycles. The topological polar surface area (TPSA) is 60.9 Å². The maximum Gasteiger partial charge on any atom is 0.251 e. The molecule has 0 saturated carbocycles. The summed E-state index contributed by atoms with van der Waals surface area (Å²) in [6.07, 6.45) is 3.62. The van der Waals surface area contributed by atoms with Crippen LogP contribution in [-0.2, 0) is 9.59 Å². The Morgan fingerprint density at radius 2 is 2.00 bits per heavy atom. The molecule has 0 unspecified atom stereocenters. The van der Waals surface area contributed by atoms with E-state index in [9.17, 15) is 19.1 Å². The van der Waals surface area contributed by atoms with E-state index in [0.717, 1.165) is 30.7 Å². The van der Waals surface area contributed by atoms with E-state index in [2.05, 4.69) is 0 Å². The number of carbonyl (C=O) groups excluding carboxylic acids is 2. The molecule has 0 aliphatic carbocycles. The second kappa shape index (κ2) is 6.76. The van der Waals surface area contributed by atoms with Gasteiger partial charge in [0.25, 0.3) is 5.91 Å². The second-order valence-corrected chi connectivity index (χ2v) is 6.14. The normalized spacial score (nSPS) is 26.1. The van der Waals surface area contributed by atoms with Gasteiger partial charge in [-0.2, -0.15) is 0 Å². The number of hydrogen-bond donors (Lipinski definition) is 1. The lowest BCUT2D eigenvalue weighted by molar-refractivity contribution is -0.124. The zero-order chi connectivity index (χ0) is 16.4. The van der Waals surface area contributed by atoms with E-state index in [0.29, 0.717) is 6.42 Å². The van der Waals surface area contributed by atoms with Crippen molar-refractivity contribution in [2.45, 2.75) is 44.2 Å². The van der Waals surface area contributed by atoms with Crippen LogP contribution in [0.15, 0.2) is 24.3 Å². The Labute approximate surface area is 134 Å². The fourth-order valence-electron chi connectivity index (χ4n) is 3.65. The number of benzene rings is 1. The number of aliphatic hydroxyl groups is 1. The molecule has 2 saturated heterocycles. The van der Waals surface area contributed by atoms with E-state index < -0.39 is 11.9 Å². The van der Waals surface area contributed by atoms with Gasteiger partial charge in [0.1, 0.15) is 5.82 Å². The Morgan fingerprint density at radius 3 is 2.74 bits per heavy atom. The minimum atomic E-state index is -0.569. The molecule has 1 aromatic carbocycles. The Morgan fingerprint density at radius 1 is 1.22 bits per heavy atom. The number of imide groups is 1. The molecule has 2 aliphatic heterocycles. The minimum Gasteiger partial charge on any atom is -0.396 e. The summed E-state index contributed by atoms with van der Waals surface area (Å²) >= 11 is 0. The zero-order valence-electron chi connectivity index (χ0n) is 12.9. The predicted octanol–water partition coefficient (Wildman–Crippen LogP) is 1.69. The number of likely N-dealkylation sites (tertiary alicyclic amines) is 1. The molecule has 0 aromatic heterocycles. The third kappa shape index (κ3) is 3.01. The highest BCUT2D eigenvalue weighted by molar-refractivity contribution is 6.22. The molecule has 1 aromatic rings. The standard InChI is InChI=1S/C17H21FN2O3/c18-13-6-1-2-7-14(13)20-16(22)11-15(17(20)23)19-9-4-3-5-12(19)8-10-21/h1-2,6-7,12,15,21H,3-5,8-11H2/t12-,15-/m1/s1. The first-order valence-corrected chi connectivity index (χ1v) is 8.11. The number of aliphatic hydroxyl groups excluding tert-OH is 1. The first kappa shape index (κ1) is 16.1. The van der Waals surface area contributed by atoms with E-state index in [1.807, 2.05) is 4.90 Å². The molecule has 1 N–H and O–H groups in total. The summed E-state index contributed by atoms with van der Waals surface area (Å²) in [4.78, 5) is 28.1. The van der Waals surface area contributed by atoms with Crippen LogP contribution in [0.25, 0.3) is 0 Å². The van der Waals surface area contributed by atoms with Crippen molar-refractivity contribution in [2.24, 2.45) is 0 Å². The summed E-state index contributed by atoms with van der Waals surface area (Å²) in [6.45, 7) is 0.798. The van der Waals surface area contributed by atoms with Crippen molar-refractivity contribution in [3.8, 4) is 0 Å². The van der Waals surface area contributed by atoms with Crippen LogP contribution in [0, 0.1) is 5.82 Å². The van der Waals surface area contributed by atoms with Gasteiger partial charge in [0, 0.05) is 12.6 Å². The van der Waals surface area contributed by atoms with Gasteiger partial charge in [0.05, 0.1) is 18.2 Å². The van der Waals surface area contributed by atoms with Crippen molar-refractivity contribution in [2.75, 3.05) is 18.1 Å². The third-order valence-corrected chi connectivity index (χ3v) is 4.75. The fourth-order valence-corrected chi connectivity index (χ4v) is 3.65. The van der Waals surface area contributed by atoms with E-state index >= 15 is 0 Å². The van der Waals surface area contributed by atoms with Gasteiger partial charge in [-0.05, 0) is 37.9 Å². The number of para-hydroxylation sites is 1. The van der Waals surface area contributed by atoms with Gasteiger partial charge in [0.15, 0.2) is 0 Å². The molecule has 3 rings (SSSR count). The van der Waals surface area contributed by atoms with Gasteiger partial charge >= 0.3 is 0 Å². The van der Waals surface area contributed by atoms with E-state index in [4.69, 9.17) is 0 Å². The highest BCUT2D eigenvalue weighted by Gasteiger charge is 2.45. The summed E-state index contributed by atoms with van der Waals surface area (Å²) in [5.74, 6) is -1.29. The van der Waals surface area contributed by atoms with Crippen LogP contribution in [0.4, 0.5) is 10.1 Å². The number of hydrogen-bond acceptors (Lipinski definition) is 4. The summed E-state index contributed by atoms with van der Waals surface area (Å²) in [5, 5.41) is 9.22. The van der Waals surface area contributed by atoms with Gasteiger partial charge in [-0.1, -0.05) is 18.6 Å². The van der Waals surface area contributed by atoms with Crippen LogP contribution in [0.2, 0.25) is 0 Å². The monoisotopic (exact) mass is 320 g/mol. The first-order valence-electron chi connectivity index (χ1n) is 8.11. The summed E-state index contributed by atoms with van der Waals surface area (Å²) in [5.41, 5.74) is 0.0284. The molecule has 2 atom stereocenters. The molecule has 23 heavy (non-hydrogen) atoms. The number of anilines is 1. The smallest absolute Gasteiger partial charge is 0.251 e. The number of nitrogens with zero attached hydrogens (tertiary/aromatic N) is 2. The molecule has 5 nitrogen and oxygen atoms in total. The quantitative estimate of drug-likeness (QED) is 0.858. The molecule has 0 bridgehead atoms. The molecule has 0 spiro atoms. The third-order valence-electron chi connectivity index (χ3n) is 4.75. The Hall–Kier alpha value is -1.79.